The van der Waals surface area contributed by atoms with Gasteiger partial charge in [0, 0.05) is 41.0 Å². The second-order valence-electron chi connectivity index (χ2n) is 11.6. The molecule has 2 aromatic heterocycles. The van der Waals surface area contributed by atoms with E-state index in [1.807, 2.05) is 36.4 Å². The van der Waals surface area contributed by atoms with Gasteiger partial charge in [-0.2, -0.15) is 15.2 Å². The highest BCUT2D eigenvalue weighted by Gasteiger charge is 2.25. The van der Waals surface area contributed by atoms with Gasteiger partial charge in [-0.15, -0.1) is 0 Å². The van der Waals surface area contributed by atoms with Crippen LogP contribution in [0.25, 0.3) is 22.0 Å². The minimum Gasteiger partial charge on any atom is -0.497 e. The maximum Gasteiger partial charge on any atom is 0.289 e. The standard InChI is InChI=1S/C37H33N7O4/c1-23-28(20-33(45)41-44-35(40)30(21-38)34(31(22-39)37(44)47)24-9-5-3-6-10-24)29-19-27(48-2)15-16-32(29)43(23)36(46)25-11-13-26(14-12-25)42-17-7-4-8-18-42/h3,5-6,9-16,19H,4,7-8,17-18,20,40H2,1-2H3,(H,41,45). The summed E-state index contributed by atoms with van der Waals surface area (Å²) in [5, 5.41) is 20.5. The van der Waals surface area contributed by atoms with E-state index in [1.54, 1.807) is 60.0 Å². The number of amides is 1. The molecule has 0 spiro atoms. The predicted molar refractivity (Wildman–Crippen MR) is 184 cm³/mol. The molecule has 1 fully saturated rings. The fraction of sp³-hybridized carbons (Fsp3) is 0.216. The maximum absolute atomic E-state index is 14.0. The molecular formula is C37H33N7O4. The molecule has 0 saturated carbocycles. The van der Waals surface area contributed by atoms with Crippen molar-refractivity contribution in [3.05, 3.63) is 111 Å². The Kier molecular flexibility index (Phi) is 8.69. The average molecular weight is 640 g/mol. The third kappa shape index (κ3) is 5.63. The van der Waals surface area contributed by atoms with Gasteiger partial charge in [-0.1, -0.05) is 30.3 Å². The number of aromatic nitrogens is 2. The zero-order chi connectivity index (χ0) is 33.9. The number of ether oxygens (including phenoxy) is 1. The number of nitrogens with one attached hydrogen (secondary N) is 1. The molecule has 11 heteroatoms. The fourth-order valence-corrected chi connectivity index (χ4v) is 6.41. The Balaban J connectivity index is 1.36. The lowest BCUT2D eigenvalue weighted by Crippen LogP contribution is -2.37. The summed E-state index contributed by atoms with van der Waals surface area (Å²) in [7, 11) is 1.53. The molecule has 1 aliphatic rings. The van der Waals surface area contributed by atoms with Gasteiger partial charge in [-0.3, -0.25) is 24.4 Å². The van der Waals surface area contributed by atoms with Gasteiger partial charge in [-0.25, -0.2) is 0 Å². The zero-order valence-electron chi connectivity index (χ0n) is 26.6. The molecule has 0 radical (unpaired) electrons. The quantitative estimate of drug-likeness (QED) is 0.249. The van der Waals surface area contributed by atoms with Crippen LogP contribution < -0.4 is 26.4 Å². The van der Waals surface area contributed by atoms with Gasteiger partial charge in [0.2, 0.25) is 5.91 Å². The Hall–Kier alpha value is -6.33. The molecule has 240 valence electrons. The minimum atomic E-state index is -0.870. The lowest BCUT2D eigenvalue weighted by Gasteiger charge is -2.28. The van der Waals surface area contributed by atoms with Gasteiger partial charge in [0.1, 0.15) is 34.8 Å². The number of pyridine rings is 1. The Morgan fingerprint density at radius 3 is 2.27 bits per heavy atom. The first kappa shape index (κ1) is 31.6. The number of anilines is 2. The van der Waals surface area contributed by atoms with Crippen molar-refractivity contribution in [1.82, 2.24) is 9.24 Å². The van der Waals surface area contributed by atoms with E-state index in [4.69, 9.17) is 10.5 Å². The second-order valence-corrected chi connectivity index (χ2v) is 11.6. The largest absolute Gasteiger partial charge is 0.497 e. The number of nitrogens with zero attached hydrogens (tertiary/aromatic N) is 5. The molecule has 0 unspecified atom stereocenters. The lowest BCUT2D eigenvalue weighted by atomic mass is 9.97. The van der Waals surface area contributed by atoms with Crippen LogP contribution in [0.3, 0.4) is 0 Å². The number of hydrogen-bond donors (Lipinski definition) is 2. The van der Waals surface area contributed by atoms with Crippen LogP contribution >= 0.6 is 0 Å². The molecule has 48 heavy (non-hydrogen) atoms. The van der Waals surface area contributed by atoms with E-state index in [0.29, 0.717) is 39.0 Å². The SMILES string of the molecule is COc1ccc2c(c1)c(CC(=O)Nn1c(N)c(C#N)c(-c3ccccc3)c(C#N)c1=O)c(C)n2C(=O)c1ccc(N2CCCCC2)cc1. The number of nitrogens with two attached hydrogens (primary N) is 1. The van der Waals surface area contributed by atoms with Crippen molar-refractivity contribution in [2.75, 3.05) is 36.3 Å². The zero-order valence-corrected chi connectivity index (χ0v) is 26.6. The summed E-state index contributed by atoms with van der Waals surface area (Å²) in [6, 6.07) is 25.2. The summed E-state index contributed by atoms with van der Waals surface area (Å²) in [6.07, 6.45) is 3.27. The molecule has 6 rings (SSSR count). The smallest absolute Gasteiger partial charge is 0.289 e. The monoisotopic (exact) mass is 639 g/mol. The first-order chi connectivity index (χ1) is 23.3. The van der Waals surface area contributed by atoms with Crippen LogP contribution in [0.1, 0.15) is 52.0 Å². The van der Waals surface area contributed by atoms with Crippen LogP contribution in [0.2, 0.25) is 0 Å². The Labute approximate surface area is 277 Å². The molecule has 0 atom stereocenters. The van der Waals surface area contributed by atoms with Gasteiger partial charge in [-0.05, 0) is 79.8 Å². The highest BCUT2D eigenvalue weighted by molar-refractivity contribution is 6.05. The normalized spacial score (nSPS) is 12.7. The number of fused-ring (bicyclic) bond motifs is 1. The third-order valence-corrected chi connectivity index (χ3v) is 8.85. The van der Waals surface area contributed by atoms with Gasteiger partial charge in [0.15, 0.2) is 0 Å². The number of rotatable bonds is 7. The molecule has 3 heterocycles. The highest BCUT2D eigenvalue weighted by Crippen LogP contribution is 2.32. The number of methoxy groups -OCH3 is 1. The van der Waals surface area contributed by atoms with Crippen molar-refractivity contribution >= 4 is 34.2 Å². The topological polar surface area (TPSA) is 159 Å². The van der Waals surface area contributed by atoms with E-state index in [-0.39, 0.29) is 34.8 Å². The first-order valence-electron chi connectivity index (χ1n) is 15.6. The van der Waals surface area contributed by atoms with E-state index >= 15 is 0 Å². The van der Waals surface area contributed by atoms with Gasteiger partial charge in [0.05, 0.1) is 19.0 Å². The number of hydrogen-bond acceptors (Lipinski definition) is 8. The molecule has 11 nitrogen and oxygen atoms in total. The number of benzene rings is 3. The van der Waals surface area contributed by atoms with Crippen molar-refractivity contribution in [2.45, 2.75) is 32.6 Å². The summed E-state index contributed by atoms with van der Waals surface area (Å²) in [5.74, 6) is -0.673. The summed E-state index contributed by atoms with van der Waals surface area (Å²) in [4.78, 5) is 43.4. The number of carbonyl (C=O) groups excluding carboxylic acids is 2. The van der Waals surface area contributed by atoms with Crippen LogP contribution in [0.5, 0.6) is 5.75 Å². The predicted octanol–water partition coefficient (Wildman–Crippen LogP) is 5.10. The molecule has 3 N–H and O–H groups in total. The summed E-state index contributed by atoms with van der Waals surface area (Å²) in [5.41, 5.74) is 11.2. The summed E-state index contributed by atoms with van der Waals surface area (Å²) in [6.45, 7) is 3.74. The lowest BCUT2D eigenvalue weighted by molar-refractivity contribution is -0.116. The number of nitriles is 2. The molecule has 0 bridgehead atoms. The molecular weight excluding hydrogens is 606 g/mol. The average Bonchev–Trinajstić information content (AvgIpc) is 3.39. The Morgan fingerprint density at radius 2 is 1.62 bits per heavy atom. The van der Waals surface area contributed by atoms with Crippen LogP contribution in [-0.4, -0.2) is 41.3 Å². The second kappa shape index (κ2) is 13.2. The van der Waals surface area contributed by atoms with Crippen molar-refractivity contribution in [3.63, 3.8) is 0 Å². The fourth-order valence-electron chi connectivity index (χ4n) is 6.41. The Morgan fingerprint density at radius 1 is 0.938 bits per heavy atom. The molecule has 5 aromatic rings. The molecule has 1 aliphatic heterocycles. The number of piperidine rings is 1. The first-order valence-corrected chi connectivity index (χ1v) is 15.6. The van der Waals surface area contributed by atoms with E-state index in [1.165, 1.54) is 13.5 Å². The molecule has 0 aliphatic carbocycles. The number of nitrogen functional groups attached to an aromatic ring is 1. The molecule has 1 amide bonds. The minimum absolute atomic E-state index is 0.0992. The third-order valence-electron chi connectivity index (χ3n) is 8.85. The van der Waals surface area contributed by atoms with Crippen molar-refractivity contribution in [2.24, 2.45) is 0 Å². The van der Waals surface area contributed by atoms with Crippen molar-refractivity contribution in [1.29, 1.82) is 10.5 Å². The van der Waals surface area contributed by atoms with Crippen LogP contribution in [0.15, 0.2) is 77.6 Å². The van der Waals surface area contributed by atoms with Crippen LogP contribution in [0, 0.1) is 29.6 Å². The molecule has 3 aromatic carbocycles. The number of carbonyl (C=O) groups is 2. The van der Waals surface area contributed by atoms with E-state index < -0.39 is 11.5 Å². The highest BCUT2D eigenvalue weighted by atomic mass is 16.5. The summed E-state index contributed by atoms with van der Waals surface area (Å²) < 4.78 is 7.76. The van der Waals surface area contributed by atoms with E-state index in [0.717, 1.165) is 36.3 Å². The molecule has 1 saturated heterocycles. The van der Waals surface area contributed by atoms with E-state index in [9.17, 15) is 24.9 Å². The van der Waals surface area contributed by atoms with Gasteiger partial charge in [0.25, 0.3) is 11.5 Å². The Bertz CT molecular complexity index is 2200. The van der Waals surface area contributed by atoms with Gasteiger partial charge < -0.3 is 15.4 Å². The van der Waals surface area contributed by atoms with Crippen LogP contribution in [0.4, 0.5) is 11.5 Å². The summed E-state index contributed by atoms with van der Waals surface area (Å²) >= 11 is 0. The maximum atomic E-state index is 14.0. The van der Waals surface area contributed by atoms with Crippen molar-refractivity contribution in [3.8, 4) is 29.0 Å². The van der Waals surface area contributed by atoms with E-state index in [2.05, 4.69) is 10.3 Å². The van der Waals surface area contributed by atoms with Crippen LogP contribution in [-0.2, 0) is 11.2 Å². The van der Waals surface area contributed by atoms with Gasteiger partial charge >= 0.3 is 0 Å². The van der Waals surface area contributed by atoms with Crippen molar-refractivity contribution < 1.29 is 14.3 Å².